The van der Waals surface area contributed by atoms with Crippen molar-refractivity contribution in [3.63, 3.8) is 0 Å². The number of aromatic nitrogens is 5. The Bertz CT molecular complexity index is 1750. The Morgan fingerprint density at radius 2 is 1.88 bits per heavy atom. The maximum atomic E-state index is 15.8. The number of hydrogen-bond donors (Lipinski definition) is 2. The average Bonchev–Trinajstić information content (AvgIpc) is 3.56. The van der Waals surface area contributed by atoms with Crippen molar-refractivity contribution in [2.75, 3.05) is 23.3 Å². The van der Waals surface area contributed by atoms with Gasteiger partial charge in [-0.1, -0.05) is 6.07 Å². The molecule has 10 nitrogen and oxygen atoms in total. The Kier molecular flexibility index (Phi) is 6.30. The molecule has 0 atom stereocenters. The number of benzene rings is 1. The smallest absolute Gasteiger partial charge is 0.260 e. The molecular formula is C30H31FN8O2. The highest BCUT2D eigenvalue weighted by Crippen LogP contribution is 2.34. The molecule has 0 bridgehead atoms. The number of aryl methyl sites for hydroxylation is 2. The summed E-state index contributed by atoms with van der Waals surface area (Å²) in [5, 5.41) is 11.8. The van der Waals surface area contributed by atoms with Gasteiger partial charge in [-0.05, 0) is 44.7 Å². The lowest BCUT2D eigenvalue weighted by Crippen LogP contribution is -2.43. The normalized spacial score (nSPS) is 16.0. The number of rotatable bonds is 7. The van der Waals surface area contributed by atoms with Crippen molar-refractivity contribution < 1.29 is 13.9 Å². The van der Waals surface area contributed by atoms with E-state index in [1.807, 2.05) is 25.4 Å². The second-order valence-electron chi connectivity index (χ2n) is 11.0. The van der Waals surface area contributed by atoms with E-state index in [-0.39, 0.29) is 5.56 Å². The zero-order valence-electron chi connectivity index (χ0n) is 23.0. The summed E-state index contributed by atoms with van der Waals surface area (Å²) < 4.78 is 25.2. The predicted octanol–water partition coefficient (Wildman–Crippen LogP) is 4.83. The average molecular weight is 555 g/mol. The number of nitrogens with zero attached hydrogens (tertiary/aromatic N) is 6. The van der Waals surface area contributed by atoms with E-state index in [0.717, 1.165) is 42.7 Å². The van der Waals surface area contributed by atoms with Crippen molar-refractivity contribution in [1.82, 2.24) is 29.5 Å². The predicted molar refractivity (Wildman–Crippen MR) is 154 cm³/mol. The van der Waals surface area contributed by atoms with Gasteiger partial charge in [-0.25, -0.2) is 14.4 Å². The van der Waals surface area contributed by atoms with Gasteiger partial charge >= 0.3 is 0 Å². The van der Waals surface area contributed by atoms with E-state index >= 15 is 4.39 Å². The lowest BCUT2D eigenvalue weighted by Gasteiger charge is -2.34. The Balaban J connectivity index is 1.19. The van der Waals surface area contributed by atoms with Crippen molar-refractivity contribution in [1.29, 1.82) is 0 Å². The third kappa shape index (κ3) is 5.08. The monoisotopic (exact) mass is 554 g/mol. The molecule has 1 saturated heterocycles. The minimum atomic E-state index is -0.605. The first-order chi connectivity index (χ1) is 19.9. The molecule has 5 aromatic rings. The first kappa shape index (κ1) is 25.5. The standard InChI is InChI=1S/C30H31FN8O2/c1-18-15-39-16-21(13-25(29(39)33-18)41-26-5-3-4-10-32-26)35-30(40)27-23(31)14-24(22-17-37(2)36-28(22)27)38-11-8-20(9-12-38)34-19-6-7-19/h3-5,10,13-17,19-20,34H,6-9,11-12H2,1-2H3,(H,35,40). The molecule has 0 unspecified atom stereocenters. The van der Waals surface area contributed by atoms with Gasteiger partial charge < -0.3 is 24.7 Å². The summed E-state index contributed by atoms with van der Waals surface area (Å²) >= 11 is 0. The lowest BCUT2D eigenvalue weighted by atomic mass is 10.0. The third-order valence-corrected chi connectivity index (χ3v) is 7.70. The summed E-state index contributed by atoms with van der Waals surface area (Å²) in [6, 6.07) is 9.66. The van der Waals surface area contributed by atoms with E-state index in [1.54, 1.807) is 46.7 Å². The highest BCUT2D eigenvalue weighted by molar-refractivity contribution is 6.14. The molecule has 2 aliphatic rings. The molecule has 11 heteroatoms. The van der Waals surface area contributed by atoms with E-state index < -0.39 is 11.7 Å². The van der Waals surface area contributed by atoms with Gasteiger partial charge in [0.05, 0.1) is 17.1 Å². The number of piperidine rings is 1. The first-order valence-corrected chi connectivity index (χ1v) is 14.0. The highest BCUT2D eigenvalue weighted by Gasteiger charge is 2.29. The van der Waals surface area contributed by atoms with Crippen molar-refractivity contribution >= 4 is 33.8 Å². The van der Waals surface area contributed by atoms with Gasteiger partial charge in [-0.2, -0.15) is 5.10 Å². The fraction of sp³-hybridized carbons (Fsp3) is 0.333. The summed E-state index contributed by atoms with van der Waals surface area (Å²) in [4.78, 5) is 24.6. The second-order valence-corrected chi connectivity index (χ2v) is 11.0. The maximum absolute atomic E-state index is 15.8. The second kappa shape index (κ2) is 10.2. The van der Waals surface area contributed by atoms with Crippen LogP contribution in [-0.2, 0) is 7.05 Å². The van der Waals surface area contributed by atoms with Crippen LogP contribution in [0, 0.1) is 12.7 Å². The largest absolute Gasteiger partial charge is 0.435 e. The first-order valence-electron chi connectivity index (χ1n) is 14.0. The molecular weight excluding hydrogens is 523 g/mol. The summed E-state index contributed by atoms with van der Waals surface area (Å²) in [6.07, 6.45) is 11.6. The summed E-state index contributed by atoms with van der Waals surface area (Å²) in [7, 11) is 1.78. The number of ether oxygens (including phenoxy) is 1. The highest BCUT2D eigenvalue weighted by atomic mass is 19.1. The number of pyridine rings is 2. The van der Waals surface area contributed by atoms with Crippen LogP contribution in [0.1, 0.15) is 41.7 Å². The van der Waals surface area contributed by atoms with E-state index in [2.05, 4.69) is 30.6 Å². The van der Waals surface area contributed by atoms with Crippen LogP contribution in [0.25, 0.3) is 16.6 Å². The molecule has 1 saturated carbocycles. The molecule has 2 fully saturated rings. The molecule has 41 heavy (non-hydrogen) atoms. The molecule has 5 heterocycles. The summed E-state index contributed by atoms with van der Waals surface area (Å²) in [6.45, 7) is 3.52. The minimum Gasteiger partial charge on any atom is -0.435 e. The number of imidazole rings is 1. The Labute approximate surface area is 236 Å². The fourth-order valence-corrected chi connectivity index (χ4v) is 5.64. The molecule has 0 radical (unpaired) electrons. The topological polar surface area (TPSA) is 102 Å². The maximum Gasteiger partial charge on any atom is 0.260 e. The van der Waals surface area contributed by atoms with Gasteiger partial charge in [-0.15, -0.1) is 0 Å². The van der Waals surface area contributed by atoms with Crippen LogP contribution in [0.3, 0.4) is 0 Å². The number of amides is 1. The van der Waals surface area contributed by atoms with Crippen LogP contribution in [0.5, 0.6) is 11.6 Å². The number of carbonyl (C=O) groups is 1. The van der Waals surface area contributed by atoms with Gasteiger partial charge in [0.2, 0.25) is 5.88 Å². The van der Waals surface area contributed by atoms with Crippen LogP contribution >= 0.6 is 0 Å². The molecule has 0 spiro atoms. The van der Waals surface area contributed by atoms with Gasteiger partial charge in [0.25, 0.3) is 5.91 Å². The van der Waals surface area contributed by atoms with Crippen molar-refractivity contribution in [3.05, 3.63) is 72.2 Å². The molecule has 4 aromatic heterocycles. The number of halogens is 1. The van der Waals surface area contributed by atoms with E-state index in [9.17, 15) is 4.79 Å². The number of carbonyl (C=O) groups excluding carboxylic acids is 1. The molecule has 1 aromatic carbocycles. The Morgan fingerprint density at radius 1 is 1.07 bits per heavy atom. The summed E-state index contributed by atoms with van der Waals surface area (Å²) in [5.74, 6) is -0.396. The van der Waals surface area contributed by atoms with Crippen molar-refractivity contribution in [2.24, 2.45) is 7.05 Å². The van der Waals surface area contributed by atoms with Gasteiger partial charge in [-0.3, -0.25) is 9.48 Å². The molecule has 2 N–H and O–H groups in total. The van der Waals surface area contributed by atoms with Gasteiger partial charge in [0, 0.05) is 74.5 Å². The van der Waals surface area contributed by atoms with Crippen molar-refractivity contribution in [2.45, 2.75) is 44.7 Å². The summed E-state index contributed by atoms with van der Waals surface area (Å²) in [5.41, 5.74) is 2.79. The Morgan fingerprint density at radius 3 is 2.63 bits per heavy atom. The molecule has 1 amide bonds. The molecule has 1 aliphatic carbocycles. The van der Waals surface area contributed by atoms with Gasteiger partial charge in [0.1, 0.15) is 16.9 Å². The number of hydrogen-bond acceptors (Lipinski definition) is 7. The fourth-order valence-electron chi connectivity index (χ4n) is 5.64. The van der Waals surface area contributed by atoms with Crippen LogP contribution in [0.2, 0.25) is 0 Å². The van der Waals surface area contributed by atoms with Crippen LogP contribution < -0.4 is 20.3 Å². The zero-order valence-corrected chi connectivity index (χ0v) is 23.0. The molecule has 210 valence electrons. The SMILES string of the molecule is Cc1cn2cc(NC(=O)c3c(F)cc(N4CCC(NC5CC5)CC4)c4cn(C)nc34)cc(Oc3ccccn3)c2n1. The van der Waals surface area contributed by atoms with E-state index in [4.69, 9.17) is 4.74 Å². The van der Waals surface area contributed by atoms with E-state index in [1.165, 1.54) is 18.9 Å². The van der Waals surface area contributed by atoms with Crippen LogP contribution in [-0.4, -0.2) is 55.2 Å². The quantitative estimate of drug-likeness (QED) is 0.297. The minimum absolute atomic E-state index is 0.0938. The number of nitrogens with one attached hydrogen (secondary N) is 2. The van der Waals surface area contributed by atoms with Crippen LogP contribution in [0.4, 0.5) is 15.8 Å². The van der Waals surface area contributed by atoms with Gasteiger partial charge in [0.15, 0.2) is 11.4 Å². The lowest BCUT2D eigenvalue weighted by molar-refractivity contribution is 0.102. The molecule has 7 rings (SSSR count). The van der Waals surface area contributed by atoms with Crippen molar-refractivity contribution in [3.8, 4) is 11.6 Å². The third-order valence-electron chi connectivity index (χ3n) is 7.70. The van der Waals surface area contributed by atoms with Crippen LogP contribution in [0.15, 0.2) is 55.1 Å². The number of anilines is 2. The number of fused-ring (bicyclic) bond motifs is 2. The van der Waals surface area contributed by atoms with E-state index in [0.29, 0.717) is 40.6 Å². The Hall–Kier alpha value is -4.51. The zero-order chi connectivity index (χ0) is 28.1. The molecule has 1 aliphatic heterocycles.